The highest BCUT2D eigenvalue weighted by Gasteiger charge is 2.23. The van der Waals surface area contributed by atoms with Crippen molar-refractivity contribution >= 4 is 86.2 Å². The summed E-state index contributed by atoms with van der Waals surface area (Å²) < 4.78 is 0. The van der Waals surface area contributed by atoms with Crippen LogP contribution in [0.15, 0.2) is 146 Å². The van der Waals surface area contributed by atoms with Gasteiger partial charge in [0, 0.05) is 26.2 Å². The predicted molar refractivity (Wildman–Crippen MR) is 223 cm³/mol. The molecule has 1 aliphatic heterocycles. The minimum absolute atomic E-state index is 0.839. The zero-order valence-electron chi connectivity index (χ0n) is 29.6. The van der Waals surface area contributed by atoms with Crippen molar-refractivity contribution in [1.29, 1.82) is 0 Å². The Morgan fingerprint density at radius 1 is 0.269 bits per heavy atom. The molecule has 1 heterocycles. The third kappa shape index (κ3) is 4.58. The molecule has 2 nitrogen and oxygen atoms in total. The number of fused-ring (bicyclic) bond motifs is 10. The second kappa shape index (κ2) is 11.4. The molecule has 0 aliphatic carbocycles. The van der Waals surface area contributed by atoms with E-state index in [0.29, 0.717) is 0 Å². The topological polar surface area (TPSA) is 6.48 Å². The molecule has 0 radical (unpaired) electrons. The molecule has 52 heavy (non-hydrogen) atoms. The molecule has 4 bridgehead atoms. The Balaban J connectivity index is 1.26. The molecule has 0 fully saturated rings. The Hall–Kier alpha value is -5.80. The number of nitrogens with zero attached hydrogens (tertiary/aromatic N) is 2. The van der Waals surface area contributed by atoms with Gasteiger partial charge in [0.2, 0.25) is 0 Å². The van der Waals surface area contributed by atoms with Gasteiger partial charge in [-0.1, -0.05) is 97.1 Å². The Bertz CT molecular complexity index is 2510. The monoisotopic (exact) mass is 666 g/mol. The molecule has 1 aliphatic rings. The van der Waals surface area contributed by atoms with E-state index in [2.05, 4.69) is 169 Å². The lowest BCUT2D eigenvalue weighted by Gasteiger charge is -2.28. The van der Waals surface area contributed by atoms with E-state index >= 15 is 0 Å². The first-order chi connectivity index (χ1) is 25.6. The van der Waals surface area contributed by atoms with Crippen molar-refractivity contribution < 1.29 is 0 Å². The molecule has 0 saturated carbocycles. The van der Waals surface area contributed by atoms with Gasteiger partial charge in [-0.25, -0.2) is 0 Å². The Morgan fingerprint density at radius 2 is 0.423 bits per heavy atom. The van der Waals surface area contributed by atoms with Crippen molar-refractivity contribution in [3.63, 3.8) is 0 Å². The van der Waals surface area contributed by atoms with Crippen LogP contribution >= 0.6 is 0 Å². The summed E-state index contributed by atoms with van der Waals surface area (Å²) in [4.78, 5) is 5.13. The molecule has 0 atom stereocenters. The Labute approximate surface area is 303 Å². The zero-order valence-corrected chi connectivity index (χ0v) is 29.6. The number of hydrogen-bond acceptors (Lipinski definition) is 2. The lowest BCUT2D eigenvalue weighted by molar-refractivity contribution is 0.320. The minimum atomic E-state index is 0.839. The van der Waals surface area contributed by atoms with Crippen LogP contribution in [0.5, 0.6) is 0 Å². The van der Waals surface area contributed by atoms with Gasteiger partial charge in [0.1, 0.15) is 0 Å². The predicted octanol–water partition coefficient (Wildman–Crippen LogP) is 12.5. The van der Waals surface area contributed by atoms with Crippen molar-refractivity contribution in [3.05, 3.63) is 168 Å². The first-order valence-corrected chi connectivity index (χ1v) is 18.5. The van der Waals surface area contributed by atoms with Gasteiger partial charge >= 0.3 is 0 Å². The molecule has 0 saturated heterocycles. The van der Waals surface area contributed by atoms with E-state index in [4.69, 9.17) is 0 Å². The van der Waals surface area contributed by atoms with Crippen molar-refractivity contribution in [2.75, 3.05) is 14.1 Å². The van der Waals surface area contributed by atoms with Crippen molar-refractivity contribution in [1.82, 2.24) is 9.80 Å². The average Bonchev–Trinajstić information content (AvgIpc) is 3.17. The van der Waals surface area contributed by atoms with Crippen molar-refractivity contribution in [3.8, 4) is 0 Å². The van der Waals surface area contributed by atoms with Crippen LogP contribution < -0.4 is 0 Å². The maximum atomic E-state index is 2.56. The Kier molecular flexibility index (Phi) is 6.52. The fourth-order valence-electron chi connectivity index (χ4n) is 9.41. The molecule has 10 aromatic rings. The number of benzene rings is 10. The molecular formula is C50H38N2. The van der Waals surface area contributed by atoms with E-state index in [1.807, 2.05) is 0 Å². The molecule has 10 aromatic carbocycles. The molecule has 11 rings (SSSR count). The van der Waals surface area contributed by atoms with Gasteiger partial charge in [0.25, 0.3) is 0 Å². The van der Waals surface area contributed by atoms with E-state index in [9.17, 15) is 0 Å². The summed E-state index contributed by atoms with van der Waals surface area (Å²) in [5.74, 6) is 0. The average molecular weight is 667 g/mol. The van der Waals surface area contributed by atoms with Crippen LogP contribution in [0.4, 0.5) is 0 Å². The zero-order chi connectivity index (χ0) is 34.5. The Morgan fingerprint density at radius 3 is 0.577 bits per heavy atom. The van der Waals surface area contributed by atoms with Crippen LogP contribution in [0.2, 0.25) is 0 Å². The highest BCUT2D eigenvalue weighted by molar-refractivity contribution is 6.15. The molecule has 2 heteroatoms. The third-order valence-electron chi connectivity index (χ3n) is 11.9. The van der Waals surface area contributed by atoms with Gasteiger partial charge in [-0.05, 0) is 171 Å². The minimum Gasteiger partial charge on any atom is -0.298 e. The maximum absolute atomic E-state index is 2.56. The summed E-state index contributed by atoms with van der Waals surface area (Å²) in [7, 11) is 4.64. The van der Waals surface area contributed by atoms with Crippen LogP contribution in [-0.2, 0) is 26.2 Å². The molecule has 0 aromatic heterocycles. The van der Waals surface area contributed by atoms with E-state index in [0.717, 1.165) is 26.2 Å². The first-order valence-electron chi connectivity index (χ1n) is 18.5. The van der Waals surface area contributed by atoms with Gasteiger partial charge in [0.15, 0.2) is 0 Å². The van der Waals surface area contributed by atoms with Gasteiger partial charge in [0.05, 0.1) is 0 Å². The normalized spacial score (nSPS) is 14.7. The highest BCUT2D eigenvalue weighted by atomic mass is 15.1. The molecule has 248 valence electrons. The number of hydrogen-bond donors (Lipinski definition) is 0. The highest BCUT2D eigenvalue weighted by Crippen LogP contribution is 2.42. The van der Waals surface area contributed by atoms with Crippen LogP contribution in [0.3, 0.4) is 0 Å². The van der Waals surface area contributed by atoms with Crippen LogP contribution in [0, 0.1) is 0 Å². The summed E-state index contributed by atoms with van der Waals surface area (Å²) >= 11 is 0. The summed E-state index contributed by atoms with van der Waals surface area (Å²) in [6, 6.07) is 55.2. The largest absolute Gasteiger partial charge is 0.298 e. The SMILES string of the molecule is CN1Cc2c3cc4ccccc4cc3c(c3cc4ccccc4cc23)CN(C)Cc2c3cc4ccccc4cc3c(c3cc4ccccc4cc23)C1. The first kappa shape index (κ1) is 29.9. The molecule has 0 N–H and O–H groups in total. The molecule has 0 amide bonds. The fourth-order valence-corrected chi connectivity index (χ4v) is 9.41. The van der Waals surface area contributed by atoms with E-state index < -0.39 is 0 Å². The van der Waals surface area contributed by atoms with Gasteiger partial charge < -0.3 is 0 Å². The third-order valence-corrected chi connectivity index (χ3v) is 11.9. The summed E-state index contributed by atoms with van der Waals surface area (Å²) in [5, 5.41) is 21.3. The van der Waals surface area contributed by atoms with E-state index in [1.54, 1.807) is 0 Å². The van der Waals surface area contributed by atoms with Crippen molar-refractivity contribution in [2.24, 2.45) is 0 Å². The second-order valence-electron chi connectivity index (χ2n) is 15.2. The second-order valence-corrected chi connectivity index (χ2v) is 15.2. The molecular weight excluding hydrogens is 629 g/mol. The lowest BCUT2D eigenvalue weighted by atomic mass is 9.86. The summed E-state index contributed by atoms with van der Waals surface area (Å²) in [6.07, 6.45) is 0. The molecule has 0 unspecified atom stereocenters. The van der Waals surface area contributed by atoms with E-state index in [1.165, 1.54) is 108 Å². The van der Waals surface area contributed by atoms with Crippen LogP contribution in [0.25, 0.3) is 86.2 Å². The summed E-state index contributed by atoms with van der Waals surface area (Å²) in [5.41, 5.74) is 5.64. The molecule has 0 spiro atoms. The summed E-state index contributed by atoms with van der Waals surface area (Å²) in [6.45, 7) is 3.36. The van der Waals surface area contributed by atoms with Gasteiger partial charge in [-0.15, -0.1) is 0 Å². The smallest absolute Gasteiger partial charge is 0.0246 e. The van der Waals surface area contributed by atoms with Crippen LogP contribution in [-0.4, -0.2) is 23.9 Å². The van der Waals surface area contributed by atoms with Crippen LogP contribution in [0.1, 0.15) is 22.3 Å². The fraction of sp³-hybridized carbons (Fsp3) is 0.120. The van der Waals surface area contributed by atoms with Gasteiger partial charge in [-0.2, -0.15) is 0 Å². The number of rotatable bonds is 0. The van der Waals surface area contributed by atoms with Crippen molar-refractivity contribution in [2.45, 2.75) is 26.2 Å². The lowest BCUT2D eigenvalue weighted by Crippen LogP contribution is -2.21. The van der Waals surface area contributed by atoms with E-state index in [-0.39, 0.29) is 0 Å². The quantitative estimate of drug-likeness (QED) is 0.149. The maximum Gasteiger partial charge on any atom is 0.0246 e. The van der Waals surface area contributed by atoms with Gasteiger partial charge in [-0.3, -0.25) is 9.80 Å². The standard InChI is InChI=1S/C50H38N2/c1-51-27-47-39-19-31-11-3-7-15-35(31)23-43(39)49(44-24-36-16-8-4-12-32(36)20-40(44)47)29-52(2)30-50-45-25-37-17-9-5-13-33(37)21-41(45)48(28-51)42-22-34-14-6-10-18-38(34)26-46(42)50/h3-26H,27-30H2,1-2H3.